The molecule has 0 aliphatic carbocycles. The Morgan fingerprint density at radius 3 is 2.74 bits per heavy atom. The highest BCUT2D eigenvalue weighted by atomic mass is 32.2. The van der Waals surface area contributed by atoms with E-state index in [0.717, 1.165) is 21.0 Å². The predicted octanol–water partition coefficient (Wildman–Crippen LogP) is 3.85. The quantitative estimate of drug-likeness (QED) is 0.740. The number of benzene rings is 1. The van der Waals surface area contributed by atoms with E-state index >= 15 is 0 Å². The smallest absolute Gasteiger partial charge is 0.341 e. The van der Waals surface area contributed by atoms with Crippen molar-refractivity contribution in [2.24, 2.45) is 0 Å². The zero-order chi connectivity index (χ0) is 19.6. The van der Waals surface area contributed by atoms with Crippen LogP contribution < -0.4 is 10.6 Å². The number of esters is 1. The van der Waals surface area contributed by atoms with Gasteiger partial charge in [0.2, 0.25) is 11.8 Å². The van der Waals surface area contributed by atoms with Gasteiger partial charge in [0.15, 0.2) is 0 Å². The topological polar surface area (TPSA) is 84.5 Å². The predicted molar refractivity (Wildman–Crippen MR) is 108 cm³/mol. The summed E-state index contributed by atoms with van der Waals surface area (Å²) in [6, 6.07) is 7.49. The standard InChI is InChI=1S/C19H20N2O4S2/c1-4-11-10(2)26-18(16(11)19(24)25-3)21-15(22)9-14-17(23)20-12-7-5-6-8-13(12)27-14/h5-8,14H,4,9H2,1-3H3,(H,20,23)(H,21,22)/t14-/m1/s1. The number of methoxy groups -OCH3 is 1. The van der Waals surface area contributed by atoms with Crippen LogP contribution in [0.1, 0.15) is 34.1 Å². The minimum absolute atomic E-state index is 0.0177. The Morgan fingerprint density at radius 1 is 1.30 bits per heavy atom. The summed E-state index contributed by atoms with van der Waals surface area (Å²) in [6.45, 7) is 3.86. The first-order chi connectivity index (χ1) is 12.9. The van der Waals surface area contributed by atoms with Gasteiger partial charge in [-0.15, -0.1) is 23.1 Å². The second kappa shape index (κ2) is 8.14. The van der Waals surface area contributed by atoms with Crippen LogP contribution in [0, 0.1) is 6.92 Å². The van der Waals surface area contributed by atoms with Crippen LogP contribution >= 0.6 is 23.1 Å². The van der Waals surface area contributed by atoms with E-state index in [-0.39, 0.29) is 18.2 Å². The molecule has 8 heteroatoms. The number of ether oxygens (including phenoxy) is 1. The molecule has 2 aromatic rings. The first-order valence-electron chi connectivity index (χ1n) is 8.51. The fourth-order valence-corrected chi connectivity index (χ4v) is 5.24. The molecule has 1 atom stereocenters. The summed E-state index contributed by atoms with van der Waals surface area (Å²) >= 11 is 2.72. The second-order valence-electron chi connectivity index (χ2n) is 6.03. The van der Waals surface area contributed by atoms with Crippen LogP contribution in [0.25, 0.3) is 0 Å². The fraction of sp³-hybridized carbons (Fsp3) is 0.316. The molecule has 2 N–H and O–H groups in total. The molecule has 0 saturated heterocycles. The van der Waals surface area contributed by atoms with Crippen LogP contribution in [-0.4, -0.2) is 30.1 Å². The molecule has 0 saturated carbocycles. The van der Waals surface area contributed by atoms with Gasteiger partial charge in [-0.25, -0.2) is 4.79 Å². The molecule has 6 nitrogen and oxygen atoms in total. The van der Waals surface area contributed by atoms with E-state index in [1.165, 1.54) is 30.2 Å². The van der Waals surface area contributed by atoms with Crippen LogP contribution in [0.15, 0.2) is 29.2 Å². The molecule has 0 fully saturated rings. The number of fused-ring (bicyclic) bond motifs is 1. The molecule has 27 heavy (non-hydrogen) atoms. The van der Waals surface area contributed by atoms with Gasteiger partial charge in [0, 0.05) is 16.2 Å². The van der Waals surface area contributed by atoms with E-state index in [0.29, 0.717) is 17.0 Å². The monoisotopic (exact) mass is 404 g/mol. The number of aryl methyl sites for hydroxylation is 1. The third-order valence-corrected chi connectivity index (χ3v) is 6.62. The third kappa shape index (κ3) is 4.01. The van der Waals surface area contributed by atoms with E-state index in [4.69, 9.17) is 4.74 Å². The highest BCUT2D eigenvalue weighted by Crippen LogP contribution is 2.38. The fourth-order valence-electron chi connectivity index (χ4n) is 2.98. The number of amides is 2. The van der Waals surface area contributed by atoms with Crippen molar-refractivity contribution in [1.29, 1.82) is 0 Å². The van der Waals surface area contributed by atoms with Crippen molar-refractivity contribution in [3.8, 4) is 0 Å². The maximum Gasteiger partial charge on any atom is 0.341 e. The van der Waals surface area contributed by atoms with E-state index in [2.05, 4.69) is 10.6 Å². The summed E-state index contributed by atoms with van der Waals surface area (Å²) in [5.41, 5.74) is 2.04. The van der Waals surface area contributed by atoms with E-state index in [1.54, 1.807) is 0 Å². The Bertz CT molecular complexity index is 907. The van der Waals surface area contributed by atoms with E-state index in [9.17, 15) is 14.4 Å². The molecular weight excluding hydrogens is 384 g/mol. The molecule has 1 aromatic carbocycles. The molecule has 1 aliphatic heterocycles. The third-order valence-electron chi connectivity index (χ3n) is 4.28. The van der Waals surface area contributed by atoms with Gasteiger partial charge in [0.1, 0.15) is 5.00 Å². The maximum atomic E-state index is 12.6. The Hall–Kier alpha value is -2.32. The average molecular weight is 405 g/mol. The minimum atomic E-state index is -0.520. The molecule has 0 bridgehead atoms. The first-order valence-corrected chi connectivity index (χ1v) is 10.2. The summed E-state index contributed by atoms with van der Waals surface area (Å²) in [5, 5.41) is 5.58. The van der Waals surface area contributed by atoms with Crippen molar-refractivity contribution in [3.05, 3.63) is 40.3 Å². The van der Waals surface area contributed by atoms with Crippen LogP contribution in [0.4, 0.5) is 10.7 Å². The second-order valence-corrected chi connectivity index (χ2v) is 8.50. The minimum Gasteiger partial charge on any atom is -0.465 e. The molecule has 3 rings (SSSR count). The number of hydrogen-bond donors (Lipinski definition) is 2. The van der Waals surface area contributed by atoms with Crippen molar-refractivity contribution >= 4 is 51.6 Å². The van der Waals surface area contributed by atoms with Gasteiger partial charge in [-0.3, -0.25) is 9.59 Å². The highest BCUT2D eigenvalue weighted by molar-refractivity contribution is 8.01. The van der Waals surface area contributed by atoms with E-state index < -0.39 is 11.2 Å². The average Bonchev–Trinajstić information content (AvgIpc) is 2.96. The van der Waals surface area contributed by atoms with Crippen molar-refractivity contribution < 1.29 is 19.1 Å². The number of hydrogen-bond acceptors (Lipinski definition) is 6. The number of thioether (sulfide) groups is 1. The van der Waals surface area contributed by atoms with Gasteiger partial charge in [0.25, 0.3) is 0 Å². The largest absolute Gasteiger partial charge is 0.465 e. The van der Waals surface area contributed by atoms with Crippen molar-refractivity contribution in [2.75, 3.05) is 17.7 Å². The van der Waals surface area contributed by atoms with Gasteiger partial charge in [-0.2, -0.15) is 0 Å². The molecule has 0 radical (unpaired) electrons. The molecule has 1 aromatic heterocycles. The van der Waals surface area contributed by atoms with E-state index in [1.807, 2.05) is 38.1 Å². The Balaban J connectivity index is 1.75. The molecular formula is C19H20N2O4S2. The van der Waals surface area contributed by atoms with Crippen molar-refractivity contribution in [3.63, 3.8) is 0 Å². The first kappa shape index (κ1) is 19.4. The lowest BCUT2D eigenvalue weighted by molar-refractivity contribution is -0.120. The van der Waals surface area contributed by atoms with Gasteiger partial charge < -0.3 is 15.4 Å². The SMILES string of the molecule is CCc1c(C)sc(NC(=O)C[C@H]2Sc3ccccc3NC2=O)c1C(=O)OC. The van der Waals surface area contributed by atoms with Gasteiger partial charge >= 0.3 is 5.97 Å². The number of rotatable bonds is 5. The molecule has 1 aliphatic rings. The van der Waals surface area contributed by atoms with Gasteiger partial charge in [-0.1, -0.05) is 19.1 Å². The Kier molecular flexibility index (Phi) is 5.86. The molecule has 0 spiro atoms. The van der Waals surface area contributed by atoms with Crippen molar-refractivity contribution in [2.45, 2.75) is 36.8 Å². The summed E-state index contributed by atoms with van der Waals surface area (Å²) < 4.78 is 4.87. The molecule has 2 amide bonds. The number of carbonyl (C=O) groups is 3. The Morgan fingerprint density at radius 2 is 2.04 bits per heavy atom. The van der Waals surface area contributed by atoms with Crippen molar-refractivity contribution in [1.82, 2.24) is 0 Å². The summed E-state index contributed by atoms with van der Waals surface area (Å²) in [6.07, 6.45) is 0.685. The number of thiophene rings is 1. The van der Waals surface area contributed by atoms with Crippen LogP contribution in [0.2, 0.25) is 0 Å². The summed E-state index contributed by atoms with van der Waals surface area (Å²) in [4.78, 5) is 38.9. The maximum absolute atomic E-state index is 12.6. The normalized spacial score (nSPS) is 15.7. The lowest BCUT2D eigenvalue weighted by Crippen LogP contribution is -2.32. The van der Waals surface area contributed by atoms with Gasteiger partial charge in [-0.05, 0) is 31.0 Å². The van der Waals surface area contributed by atoms with Crippen LogP contribution in [0.5, 0.6) is 0 Å². The number of carbonyl (C=O) groups excluding carboxylic acids is 3. The zero-order valence-corrected chi connectivity index (χ0v) is 16.9. The Labute approximate surface area is 165 Å². The highest BCUT2D eigenvalue weighted by Gasteiger charge is 2.30. The number of nitrogens with one attached hydrogen (secondary N) is 2. The molecule has 2 heterocycles. The molecule has 142 valence electrons. The van der Waals surface area contributed by atoms with Gasteiger partial charge in [0.05, 0.1) is 23.6 Å². The van der Waals surface area contributed by atoms with Crippen LogP contribution in [-0.2, 0) is 20.7 Å². The number of para-hydroxylation sites is 1. The lowest BCUT2D eigenvalue weighted by Gasteiger charge is -2.23. The summed E-state index contributed by atoms with van der Waals surface area (Å²) in [7, 11) is 1.32. The number of anilines is 2. The zero-order valence-electron chi connectivity index (χ0n) is 15.3. The lowest BCUT2D eigenvalue weighted by atomic mass is 10.1. The van der Waals surface area contributed by atoms with Crippen LogP contribution in [0.3, 0.4) is 0 Å². The molecule has 0 unspecified atom stereocenters. The summed E-state index contributed by atoms with van der Waals surface area (Å²) in [5.74, 6) is -0.972.